The molecule has 2 saturated heterocycles. The maximum Gasteiger partial charge on any atom is 0.332 e. The molecular formula is C18H23N5O4. The van der Waals surface area contributed by atoms with Crippen molar-refractivity contribution in [2.24, 2.45) is 14.1 Å². The monoisotopic (exact) mass is 373 g/mol. The van der Waals surface area contributed by atoms with Crippen LogP contribution in [0.3, 0.4) is 0 Å². The number of fused-ring (bicyclic) bond motifs is 1. The van der Waals surface area contributed by atoms with Crippen molar-refractivity contribution < 1.29 is 9.59 Å². The van der Waals surface area contributed by atoms with Gasteiger partial charge in [-0.2, -0.15) is 0 Å². The van der Waals surface area contributed by atoms with Gasteiger partial charge in [-0.25, -0.2) is 4.79 Å². The van der Waals surface area contributed by atoms with Crippen LogP contribution in [0.1, 0.15) is 19.3 Å². The quantitative estimate of drug-likeness (QED) is 0.709. The lowest BCUT2D eigenvalue weighted by molar-refractivity contribution is -0.133. The van der Waals surface area contributed by atoms with E-state index in [0.717, 1.165) is 24.0 Å². The third-order valence-corrected chi connectivity index (χ3v) is 5.73. The Hall–Kier alpha value is -2.84. The molecule has 0 saturated carbocycles. The average molecular weight is 373 g/mol. The topological polar surface area (TPSA) is 89.6 Å². The largest absolute Gasteiger partial charge is 0.339 e. The number of hydrogen-bond donors (Lipinski definition) is 0. The summed E-state index contributed by atoms with van der Waals surface area (Å²) in [5, 5.41) is 0.411. The second-order valence-electron chi connectivity index (χ2n) is 7.36. The van der Waals surface area contributed by atoms with Gasteiger partial charge in [0.15, 0.2) is 0 Å². The van der Waals surface area contributed by atoms with Gasteiger partial charge in [-0.1, -0.05) is 0 Å². The molecule has 27 heavy (non-hydrogen) atoms. The van der Waals surface area contributed by atoms with Crippen molar-refractivity contribution in [2.45, 2.75) is 31.8 Å². The summed E-state index contributed by atoms with van der Waals surface area (Å²) >= 11 is 0. The first kappa shape index (κ1) is 17.6. The van der Waals surface area contributed by atoms with Gasteiger partial charge >= 0.3 is 5.69 Å². The maximum absolute atomic E-state index is 12.8. The van der Waals surface area contributed by atoms with Crippen molar-refractivity contribution in [3.05, 3.63) is 33.1 Å². The summed E-state index contributed by atoms with van der Waals surface area (Å²) in [6.07, 6.45) is 3.95. The molecule has 144 valence electrons. The second-order valence-corrected chi connectivity index (χ2v) is 7.36. The van der Waals surface area contributed by atoms with Gasteiger partial charge in [-0.3, -0.25) is 23.5 Å². The summed E-state index contributed by atoms with van der Waals surface area (Å²) < 4.78 is 4.10. The lowest BCUT2D eigenvalue weighted by Gasteiger charge is -2.24. The van der Waals surface area contributed by atoms with Crippen molar-refractivity contribution in [1.29, 1.82) is 0 Å². The zero-order valence-corrected chi connectivity index (χ0v) is 15.6. The summed E-state index contributed by atoms with van der Waals surface area (Å²) in [6, 6.07) is 1.74. The first-order valence-electron chi connectivity index (χ1n) is 9.20. The molecule has 9 heteroatoms. The van der Waals surface area contributed by atoms with Gasteiger partial charge in [0.2, 0.25) is 11.8 Å². The van der Waals surface area contributed by atoms with E-state index < -0.39 is 5.69 Å². The summed E-state index contributed by atoms with van der Waals surface area (Å²) in [7, 11) is 3.03. The number of likely N-dealkylation sites (tertiary alicyclic amines) is 2. The molecule has 1 unspecified atom stereocenters. The third kappa shape index (κ3) is 2.77. The van der Waals surface area contributed by atoms with E-state index in [4.69, 9.17) is 0 Å². The highest BCUT2D eigenvalue weighted by atomic mass is 16.2. The number of carbonyl (C=O) groups is 2. The molecule has 2 fully saturated rings. The first-order chi connectivity index (χ1) is 12.9. The average Bonchev–Trinajstić information content (AvgIpc) is 3.37. The Labute approximate surface area is 155 Å². The standard InChI is InChI=1S/C18H23N5O4/c1-19-16-13(17(26)20(2)18(19)27)6-9-22(16)11-15(25)21-8-5-12(10-21)23-7-3-4-14(23)24/h6,9,12H,3-5,7-8,10-11H2,1-2H3. The molecule has 2 amide bonds. The summed E-state index contributed by atoms with van der Waals surface area (Å²) in [4.78, 5) is 52.8. The Morgan fingerprint density at radius 2 is 1.93 bits per heavy atom. The fourth-order valence-electron chi connectivity index (χ4n) is 4.24. The van der Waals surface area contributed by atoms with E-state index in [-0.39, 0.29) is 30.0 Å². The van der Waals surface area contributed by atoms with Crippen LogP contribution in [0.5, 0.6) is 0 Å². The van der Waals surface area contributed by atoms with Crippen molar-refractivity contribution in [2.75, 3.05) is 19.6 Å². The molecule has 0 aliphatic carbocycles. The number of hydrogen-bond acceptors (Lipinski definition) is 4. The molecule has 2 aromatic rings. The summed E-state index contributed by atoms with van der Waals surface area (Å²) in [6.45, 7) is 2.00. The summed E-state index contributed by atoms with van der Waals surface area (Å²) in [5.74, 6) is 0.103. The van der Waals surface area contributed by atoms with Crippen LogP contribution >= 0.6 is 0 Å². The van der Waals surface area contributed by atoms with E-state index in [0.29, 0.717) is 30.5 Å². The Morgan fingerprint density at radius 1 is 1.15 bits per heavy atom. The Kier molecular flexibility index (Phi) is 4.16. The second kappa shape index (κ2) is 6.40. The highest BCUT2D eigenvalue weighted by molar-refractivity contribution is 5.81. The van der Waals surface area contributed by atoms with Crippen LogP contribution < -0.4 is 11.2 Å². The first-order valence-corrected chi connectivity index (χ1v) is 9.20. The van der Waals surface area contributed by atoms with E-state index in [2.05, 4.69) is 0 Å². The predicted octanol–water partition coefficient (Wildman–Crippen LogP) is -0.738. The van der Waals surface area contributed by atoms with Crippen LogP contribution in [0.25, 0.3) is 11.0 Å². The summed E-state index contributed by atoms with van der Waals surface area (Å²) in [5.41, 5.74) is -0.344. The highest BCUT2D eigenvalue weighted by Crippen LogP contribution is 2.22. The van der Waals surface area contributed by atoms with Crippen LogP contribution in [0.2, 0.25) is 0 Å². The maximum atomic E-state index is 12.8. The zero-order chi connectivity index (χ0) is 19.3. The molecule has 0 radical (unpaired) electrons. The van der Waals surface area contributed by atoms with Gasteiger partial charge in [-0.15, -0.1) is 0 Å². The van der Waals surface area contributed by atoms with Crippen LogP contribution in [-0.2, 0) is 30.2 Å². The zero-order valence-electron chi connectivity index (χ0n) is 15.6. The molecule has 2 aliphatic heterocycles. The van der Waals surface area contributed by atoms with E-state index in [1.165, 1.54) is 11.6 Å². The minimum Gasteiger partial charge on any atom is -0.339 e. The minimum absolute atomic E-state index is 0.0601. The van der Waals surface area contributed by atoms with Crippen LogP contribution in [0.15, 0.2) is 21.9 Å². The van der Waals surface area contributed by atoms with E-state index in [9.17, 15) is 19.2 Å². The van der Waals surface area contributed by atoms with Gasteiger partial charge in [0.25, 0.3) is 5.56 Å². The lowest BCUT2D eigenvalue weighted by Crippen LogP contribution is -2.40. The fraction of sp³-hybridized carbons (Fsp3) is 0.556. The number of carbonyl (C=O) groups excluding carboxylic acids is 2. The fourth-order valence-corrected chi connectivity index (χ4v) is 4.24. The lowest BCUT2D eigenvalue weighted by atomic mass is 10.2. The Bertz CT molecular complexity index is 1050. The molecule has 4 heterocycles. The van der Waals surface area contributed by atoms with Crippen LogP contribution in [-0.4, -0.2) is 61.0 Å². The van der Waals surface area contributed by atoms with Gasteiger partial charge in [0.1, 0.15) is 12.2 Å². The van der Waals surface area contributed by atoms with Crippen LogP contribution in [0.4, 0.5) is 0 Å². The molecule has 0 spiro atoms. The SMILES string of the molecule is Cn1c(=O)c2ccn(CC(=O)N3CCC(N4CCCC4=O)C3)c2n(C)c1=O. The minimum atomic E-state index is -0.423. The van der Waals surface area contributed by atoms with Gasteiger partial charge in [-0.05, 0) is 18.9 Å². The normalized spacial score (nSPS) is 20.2. The van der Waals surface area contributed by atoms with Crippen LogP contribution in [0, 0.1) is 0 Å². The third-order valence-electron chi connectivity index (χ3n) is 5.73. The van der Waals surface area contributed by atoms with Crippen molar-refractivity contribution in [1.82, 2.24) is 23.5 Å². The van der Waals surface area contributed by atoms with Crippen molar-refractivity contribution in [3.8, 4) is 0 Å². The van der Waals surface area contributed by atoms with Crippen molar-refractivity contribution >= 4 is 22.8 Å². The molecule has 1 atom stereocenters. The molecule has 0 aromatic carbocycles. The molecule has 0 bridgehead atoms. The number of aromatic nitrogens is 3. The van der Waals surface area contributed by atoms with E-state index >= 15 is 0 Å². The Morgan fingerprint density at radius 3 is 2.63 bits per heavy atom. The molecule has 4 rings (SSSR count). The Balaban J connectivity index is 1.55. The molecule has 2 aromatic heterocycles. The smallest absolute Gasteiger partial charge is 0.332 e. The number of rotatable bonds is 3. The highest BCUT2D eigenvalue weighted by Gasteiger charge is 2.34. The molecular weight excluding hydrogens is 350 g/mol. The van der Waals surface area contributed by atoms with Gasteiger partial charge in [0.05, 0.1) is 11.4 Å². The molecule has 2 aliphatic rings. The van der Waals surface area contributed by atoms with Gasteiger partial charge in [0, 0.05) is 46.3 Å². The van der Waals surface area contributed by atoms with Gasteiger partial charge < -0.3 is 14.4 Å². The molecule has 0 N–H and O–H groups in total. The van der Waals surface area contributed by atoms with E-state index in [1.807, 2.05) is 4.90 Å². The predicted molar refractivity (Wildman–Crippen MR) is 98.4 cm³/mol. The number of nitrogens with zero attached hydrogens (tertiary/aromatic N) is 5. The number of aryl methyl sites for hydroxylation is 1. The molecule has 9 nitrogen and oxygen atoms in total. The number of amides is 2. The van der Waals surface area contributed by atoms with E-state index in [1.54, 1.807) is 28.8 Å². The van der Waals surface area contributed by atoms with Crippen molar-refractivity contribution in [3.63, 3.8) is 0 Å².